The number of likely N-dealkylation sites (N-methyl/N-ethyl adjacent to an activating group) is 1. The van der Waals surface area contributed by atoms with Crippen molar-refractivity contribution < 1.29 is 23.0 Å². The largest absolute Gasteiger partial charge is 0.497 e. The van der Waals surface area contributed by atoms with Gasteiger partial charge in [-0.3, -0.25) is 0 Å². The molecule has 0 spiro atoms. The number of hydrogen-bond donors (Lipinski definition) is 1. The molecule has 1 N–H and O–H groups in total. The van der Waals surface area contributed by atoms with Crippen LogP contribution in [0.2, 0.25) is 0 Å². The van der Waals surface area contributed by atoms with Crippen LogP contribution in [0.1, 0.15) is 27.2 Å². The van der Waals surface area contributed by atoms with Crippen molar-refractivity contribution in [3.8, 4) is 22.6 Å². The van der Waals surface area contributed by atoms with Crippen LogP contribution >= 0.6 is 0 Å². The van der Waals surface area contributed by atoms with Crippen LogP contribution in [0, 0.1) is 5.92 Å². The summed E-state index contributed by atoms with van der Waals surface area (Å²) in [7, 11) is -0.182. The number of aliphatic hydroxyl groups excluding tert-OH is 1. The quantitative estimate of drug-likeness (QED) is 0.629. The molecule has 0 amide bonds. The molecule has 1 aliphatic rings. The Morgan fingerprint density at radius 2 is 1.97 bits per heavy atom. The van der Waals surface area contributed by atoms with Gasteiger partial charge in [-0.2, -0.15) is 4.31 Å². The number of fused-ring (bicyclic) bond motifs is 1. The van der Waals surface area contributed by atoms with Crippen LogP contribution in [0.5, 0.6) is 11.5 Å². The molecule has 0 aromatic heterocycles. The van der Waals surface area contributed by atoms with E-state index < -0.39 is 16.1 Å². The normalized spacial score (nSPS) is 21.5. The maximum Gasteiger partial charge on any atom is 0.247 e. The first-order chi connectivity index (χ1) is 15.7. The summed E-state index contributed by atoms with van der Waals surface area (Å²) >= 11 is 0. The van der Waals surface area contributed by atoms with Crippen LogP contribution in [0.15, 0.2) is 47.4 Å². The van der Waals surface area contributed by atoms with E-state index in [9.17, 15) is 13.5 Å². The van der Waals surface area contributed by atoms with Crippen LogP contribution < -0.4 is 9.47 Å². The molecular weight excluding hydrogens is 440 g/mol. The first-order valence-corrected chi connectivity index (χ1v) is 12.9. The molecule has 182 valence electrons. The summed E-state index contributed by atoms with van der Waals surface area (Å²) in [6.07, 6.45) is 0.820. The van der Waals surface area contributed by atoms with Gasteiger partial charge in [-0.15, -0.1) is 0 Å². The lowest BCUT2D eigenvalue weighted by Crippen LogP contribution is -2.49. The third-order valence-electron chi connectivity index (χ3n) is 6.17. The molecule has 3 rings (SSSR count). The molecule has 0 saturated carbocycles. The monoisotopic (exact) mass is 476 g/mol. The molecule has 3 atom stereocenters. The molecular formula is C25H36N2O5S. The van der Waals surface area contributed by atoms with Gasteiger partial charge in [0, 0.05) is 25.0 Å². The third-order valence-corrected chi connectivity index (χ3v) is 8.19. The van der Waals surface area contributed by atoms with Crippen LogP contribution in [-0.2, 0) is 10.0 Å². The molecule has 0 fully saturated rings. The zero-order valence-corrected chi connectivity index (χ0v) is 21.0. The minimum absolute atomic E-state index is 0.0679. The Kier molecular flexibility index (Phi) is 8.39. The van der Waals surface area contributed by atoms with Gasteiger partial charge in [0.15, 0.2) is 0 Å². The van der Waals surface area contributed by atoms with Gasteiger partial charge < -0.3 is 19.5 Å². The molecule has 0 saturated heterocycles. The molecule has 1 aliphatic heterocycles. The summed E-state index contributed by atoms with van der Waals surface area (Å²) < 4.78 is 40.4. The van der Waals surface area contributed by atoms with Crippen molar-refractivity contribution in [3.63, 3.8) is 0 Å². The number of methoxy groups -OCH3 is 1. The molecule has 33 heavy (non-hydrogen) atoms. The van der Waals surface area contributed by atoms with Crippen molar-refractivity contribution in [1.82, 2.24) is 9.21 Å². The predicted octanol–water partition coefficient (Wildman–Crippen LogP) is 3.47. The molecule has 0 unspecified atom stereocenters. The highest BCUT2D eigenvalue weighted by Crippen LogP contribution is 2.37. The maximum atomic E-state index is 13.6. The Hall–Kier alpha value is -2.13. The minimum atomic E-state index is -3.85. The van der Waals surface area contributed by atoms with Gasteiger partial charge in [-0.1, -0.05) is 32.0 Å². The number of benzene rings is 2. The summed E-state index contributed by atoms with van der Waals surface area (Å²) in [4.78, 5) is 2.34. The van der Waals surface area contributed by atoms with Crippen LogP contribution in [0.25, 0.3) is 11.1 Å². The first-order valence-electron chi connectivity index (χ1n) is 11.5. The lowest BCUT2D eigenvalue weighted by molar-refractivity contribution is 0.0753. The zero-order valence-electron chi connectivity index (χ0n) is 20.2. The van der Waals surface area contributed by atoms with Crippen molar-refractivity contribution in [2.24, 2.45) is 5.92 Å². The van der Waals surface area contributed by atoms with Crippen LogP contribution in [-0.4, -0.2) is 75.3 Å². The molecule has 7 nitrogen and oxygen atoms in total. The summed E-state index contributed by atoms with van der Waals surface area (Å²) in [5, 5.41) is 9.78. The average molecular weight is 477 g/mol. The summed E-state index contributed by atoms with van der Waals surface area (Å²) in [6.45, 7) is 7.52. The second-order valence-electron chi connectivity index (χ2n) is 8.90. The zero-order chi connectivity index (χ0) is 24.2. The highest BCUT2D eigenvalue weighted by Gasteiger charge is 2.38. The van der Waals surface area contributed by atoms with Gasteiger partial charge in [0.05, 0.1) is 13.7 Å². The van der Waals surface area contributed by atoms with Crippen molar-refractivity contribution in [2.75, 3.05) is 40.4 Å². The van der Waals surface area contributed by atoms with Crippen molar-refractivity contribution in [3.05, 3.63) is 42.5 Å². The van der Waals surface area contributed by atoms with Crippen LogP contribution in [0.3, 0.4) is 0 Å². The topological polar surface area (TPSA) is 79.3 Å². The average Bonchev–Trinajstić information content (AvgIpc) is 2.80. The predicted molar refractivity (Wildman–Crippen MR) is 130 cm³/mol. The van der Waals surface area contributed by atoms with Crippen molar-refractivity contribution in [2.45, 2.75) is 44.2 Å². The Labute approximate surface area is 198 Å². The summed E-state index contributed by atoms with van der Waals surface area (Å²) in [5.74, 6) is 0.997. The van der Waals surface area contributed by atoms with E-state index in [4.69, 9.17) is 9.47 Å². The fourth-order valence-corrected chi connectivity index (χ4v) is 6.03. The number of sulfonamides is 1. The van der Waals surface area contributed by atoms with E-state index in [1.165, 1.54) is 4.31 Å². The highest BCUT2D eigenvalue weighted by molar-refractivity contribution is 7.89. The van der Waals surface area contributed by atoms with Gasteiger partial charge in [-0.25, -0.2) is 8.42 Å². The molecule has 0 radical (unpaired) electrons. The minimum Gasteiger partial charge on any atom is -0.497 e. The van der Waals surface area contributed by atoms with Crippen LogP contribution in [0.4, 0.5) is 0 Å². The second-order valence-corrected chi connectivity index (χ2v) is 10.8. The van der Waals surface area contributed by atoms with Gasteiger partial charge in [0.1, 0.15) is 22.5 Å². The van der Waals surface area contributed by atoms with Gasteiger partial charge in [0.2, 0.25) is 10.0 Å². The summed E-state index contributed by atoms with van der Waals surface area (Å²) in [6, 6.07) is 12.3. The maximum absolute atomic E-state index is 13.6. The lowest BCUT2D eigenvalue weighted by Gasteiger charge is -2.37. The SMILES string of the molecule is CCCN(C)C[C@H]1Oc2cc(-c3cccc(OC)c3)ccc2S(=O)(=O)N([C@@H](C)CO)C[C@H]1C. The third kappa shape index (κ3) is 5.69. The fraction of sp³-hybridized carbons (Fsp3) is 0.520. The van der Waals surface area contributed by atoms with Gasteiger partial charge in [-0.05, 0) is 62.3 Å². The molecule has 0 bridgehead atoms. The number of aliphatic hydroxyl groups is 1. The van der Waals surface area contributed by atoms with Gasteiger partial charge >= 0.3 is 0 Å². The first kappa shape index (κ1) is 25.5. The van der Waals surface area contributed by atoms with E-state index in [0.717, 1.165) is 29.8 Å². The van der Waals surface area contributed by atoms with E-state index in [0.29, 0.717) is 12.3 Å². The Bertz CT molecular complexity index is 1040. The molecule has 2 aromatic rings. The number of hydrogen-bond acceptors (Lipinski definition) is 6. The molecule has 2 aromatic carbocycles. The standard InChI is InChI=1S/C25H36N2O5S/c1-6-12-26(4)16-24-18(2)15-27(19(3)17-28)33(29,30)25-11-10-21(14-23(25)32-24)20-8-7-9-22(13-20)31-5/h7-11,13-14,18-19,24,28H,6,12,15-17H2,1-5H3/t18-,19+,24-/m1/s1. The van der Waals surface area contributed by atoms with Crippen molar-refractivity contribution >= 4 is 10.0 Å². The van der Waals surface area contributed by atoms with E-state index in [1.807, 2.05) is 31.2 Å². The molecule has 8 heteroatoms. The highest BCUT2D eigenvalue weighted by atomic mass is 32.2. The van der Waals surface area contributed by atoms with E-state index in [1.54, 1.807) is 32.2 Å². The Balaban J connectivity index is 2.11. The lowest BCUT2D eigenvalue weighted by atomic mass is 10.0. The Morgan fingerprint density at radius 3 is 2.64 bits per heavy atom. The second kappa shape index (κ2) is 10.9. The number of rotatable bonds is 8. The smallest absolute Gasteiger partial charge is 0.247 e. The molecule has 1 heterocycles. The fourth-order valence-electron chi connectivity index (χ4n) is 4.21. The van der Waals surface area contributed by atoms with Crippen molar-refractivity contribution in [1.29, 1.82) is 0 Å². The Morgan fingerprint density at radius 1 is 1.24 bits per heavy atom. The van der Waals surface area contributed by atoms with E-state index >= 15 is 0 Å². The van der Waals surface area contributed by atoms with E-state index in [2.05, 4.69) is 18.9 Å². The van der Waals surface area contributed by atoms with E-state index in [-0.39, 0.29) is 30.1 Å². The molecule has 0 aliphatic carbocycles. The summed E-state index contributed by atoms with van der Waals surface area (Å²) in [5.41, 5.74) is 1.76. The number of nitrogens with zero attached hydrogens (tertiary/aromatic N) is 2. The number of ether oxygens (including phenoxy) is 2. The van der Waals surface area contributed by atoms with Gasteiger partial charge in [0.25, 0.3) is 0 Å².